The largest absolute Gasteiger partial charge is 0.273 e. The first kappa shape index (κ1) is 17.7. The molecule has 27 heavy (non-hydrogen) atoms. The van der Waals surface area contributed by atoms with Crippen LogP contribution in [0.25, 0.3) is 0 Å². The molecule has 3 atom stereocenters. The Bertz CT molecular complexity index is 852. The van der Waals surface area contributed by atoms with Crippen molar-refractivity contribution < 1.29 is 14.4 Å². The minimum Gasteiger partial charge on any atom is -0.273 e. The predicted molar refractivity (Wildman–Crippen MR) is 104 cm³/mol. The van der Waals surface area contributed by atoms with Gasteiger partial charge in [-0.15, -0.1) is 0 Å². The Morgan fingerprint density at radius 3 is 2.37 bits per heavy atom. The van der Waals surface area contributed by atoms with Gasteiger partial charge in [0.25, 0.3) is 5.91 Å². The Hall–Kier alpha value is -2.66. The van der Waals surface area contributed by atoms with Gasteiger partial charge >= 0.3 is 0 Å². The Kier molecular flexibility index (Phi) is 4.70. The molecule has 2 aliphatic heterocycles. The number of anilines is 2. The Morgan fingerprint density at radius 2 is 1.67 bits per heavy atom. The van der Waals surface area contributed by atoms with Gasteiger partial charge < -0.3 is 0 Å². The summed E-state index contributed by atoms with van der Waals surface area (Å²) in [5, 5.41) is 1.79. The fourth-order valence-electron chi connectivity index (χ4n) is 4.08. The topological polar surface area (TPSA) is 49.9 Å². The number of hydroxylamine groups is 1. The van der Waals surface area contributed by atoms with Gasteiger partial charge in [-0.25, -0.2) is 9.96 Å². The zero-order valence-corrected chi connectivity index (χ0v) is 15.7. The van der Waals surface area contributed by atoms with Crippen LogP contribution in [0.4, 0.5) is 11.4 Å². The molecular formula is C22H24N2O3. The van der Waals surface area contributed by atoms with Gasteiger partial charge in [0.1, 0.15) is 0 Å². The summed E-state index contributed by atoms with van der Waals surface area (Å²) in [6, 6.07) is 17.1. The van der Waals surface area contributed by atoms with E-state index in [-0.39, 0.29) is 17.9 Å². The lowest BCUT2D eigenvalue weighted by atomic mass is 9.92. The first-order valence-electron chi connectivity index (χ1n) is 9.58. The van der Waals surface area contributed by atoms with Gasteiger partial charge in [-0.3, -0.25) is 14.4 Å². The van der Waals surface area contributed by atoms with Crippen LogP contribution < -0.4 is 9.96 Å². The summed E-state index contributed by atoms with van der Waals surface area (Å²) in [5.41, 5.74) is 2.45. The minimum atomic E-state index is -0.751. The van der Waals surface area contributed by atoms with Crippen LogP contribution in [0.5, 0.6) is 0 Å². The van der Waals surface area contributed by atoms with E-state index in [1.54, 1.807) is 5.06 Å². The molecule has 2 fully saturated rings. The van der Waals surface area contributed by atoms with E-state index >= 15 is 0 Å². The van der Waals surface area contributed by atoms with E-state index in [9.17, 15) is 9.59 Å². The number of imide groups is 1. The first-order chi connectivity index (χ1) is 13.1. The van der Waals surface area contributed by atoms with Crippen LogP contribution in [-0.2, 0) is 14.4 Å². The normalized spacial score (nSPS) is 24.6. The summed E-state index contributed by atoms with van der Waals surface area (Å²) in [4.78, 5) is 33.8. The fraction of sp³-hybridized carbons (Fsp3) is 0.364. The zero-order chi connectivity index (χ0) is 19.0. The maximum atomic E-state index is 13.3. The van der Waals surface area contributed by atoms with Crippen LogP contribution in [0.15, 0.2) is 54.6 Å². The number of rotatable bonds is 5. The third-order valence-electron chi connectivity index (χ3n) is 5.46. The highest BCUT2D eigenvalue weighted by molar-refractivity contribution is 6.24. The third kappa shape index (κ3) is 2.92. The predicted octanol–water partition coefficient (Wildman–Crippen LogP) is 3.86. The van der Waals surface area contributed by atoms with Gasteiger partial charge in [0.15, 0.2) is 6.10 Å². The van der Waals surface area contributed by atoms with Gasteiger partial charge in [-0.2, -0.15) is 0 Å². The second-order valence-corrected chi connectivity index (χ2v) is 7.22. The van der Waals surface area contributed by atoms with E-state index in [1.807, 2.05) is 61.5 Å². The molecule has 5 heteroatoms. The van der Waals surface area contributed by atoms with Crippen molar-refractivity contribution in [1.82, 2.24) is 0 Å². The van der Waals surface area contributed by atoms with E-state index < -0.39 is 12.0 Å². The van der Waals surface area contributed by atoms with E-state index in [4.69, 9.17) is 4.84 Å². The number of carbonyl (C=O) groups is 2. The van der Waals surface area contributed by atoms with E-state index in [1.165, 1.54) is 4.90 Å². The van der Waals surface area contributed by atoms with Crippen molar-refractivity contribution in [2.24, 2.45) is 5.92 Å². The molecule has 5 nitrogen and oxygen atoms in total. The molecule has 2 heterocycles. The fourth-order valence-corrected chi connectivity index (χ4v) is 4.08. The molecule has 0 aliphatic carbocycles. The number of carbonyl (C=O) groups excluding carboxylic acids is 2. The molecule has 140 valence electrons. The zero-order valence-electron chi connectivity index (χ0n) is 15.7. The molecule has 0 spiro atoms. The molecule has 0 bridgehead atoms. The van der Waals surface area contributed by atoms with E-state index in [0.717, 1.165) is 30.5 Å². The lowest BCUT2D eigenvalue weighted by molar-refractivity contribution is -0.126. The monoisotopic (exact) mass is 364 g/mol. The molecule has 0 aromatic heterocycles. The van der Waals surface area contributed by atoms with Crippen molar-refractivity contribution in [3.8, 4) is 0 Å². The quantitative estimate of drug-likeness (QED) is 0.756. The number of benzene rings is 2. The smallest absolute Gasteiger partial charge is 0.266 e. The van der Waals surface area contributed by atoms with Crippen molar-refractivity contribution >= 4 is 23.2 Å². The number of hydrogen-bond acceptors (Lipinski definition) is 4. The van der Waals surface area contributed by atoms with Crippen LogP contribution >= 0.6 is 0 Å². The molecule has 2 amide bonds. The van der Waals surface area contributed by atoms with Gasteiger partial charge in [0.05, 0.1) is 23.3 Å². The van der Waals surface area contributed by atoms with Crippen LogP contribution in [0, 0.1) is 12.8 Å². The van der Waals surface area contributed by atoms with Crippen LogP contribution in [-0.4, -0.2) is 24.0 Å². The molecule has 4 rings (SSSR count). The number of aryl methyl sites for hydroxylation is 1. The molecule has 2 saturated heterocycles. The van der Waals surface area contributed by atoms with Crippen molar-refractivity contribution in [3.63, 3.8) is 0 Å². The third-order valence-corrected chi connectivity index (χ3v) is 5.46. The van der Waals surface area contributed by atoms with Crippen LogP contribution in [0.3, 0.4) is 0 Å². The first-order valence-corrected chi connectivity index (χ1v) is 9.58. The van der Waals surface area contributed by atoms with Crippen LogP contribution in [0.1, 0.15) is 31.7 Å². The highest BCUT2D eigenvalue weighted by atomic mass is 16.7. The molecular weight excluding hydrogens is 340 g/mol. The van der Waals surface area contributed by atoms with E-state index in [2.05, 4.69) is 6.92 Å². The standard InChI is InChI=1S/C22H24N2O3/c1-3-4-13-18-19-20(27-24(18)16-11-6-5-7-12-16)22(26)23(21(19)25)17-14-9-8-10-15(17)2/h5-12,14,18-20H,3-4,13H2,1-2H3/t18-,19+,20+/m0/s1. The summed E-state index contributed by atoms with van der Waals surface area (Å²) in [5.74, 6) is -0.887. The number of nitrogens with zero attached hydrogens (tertiary/aromatic N) is 2. The maximum absolute atomic E-state index is 13.3. The highest BCUT2D eigenvalue weighted by Gasteiger charge is 2.59. The van der Waals surface area contributed by atoms with Crippen molar-refractivity contribution in [2.45, 2.75) is 45.3 Å². The van der Waals surface area contributed by atoms with Crippen molar-refractivity contribution in [2.75, 3.05) is 9.96 Å². The molecule has 2 aliphatic rings. The lowest BCUT2D eigenvalue weighted by Crippen LogP contribution is -2.40. The number of unbranched alkanes of at least 4 members (excludes halogenated alkanes) is 1. The minimum absolute atomic E-state index is 0.136. The average Bonchev–Trinajstić information content (AvgIpc) is 3.18. The van der Waals surface area contributed by atoms with Gasteiger partial charge in [-0.1, -0.05) is 56.2 Å². The Balaban J connectivity index is 1.69. The number of fused-ring (bicyclic) bond motifs is 1. The second kappa shape index (κ2) is 7.16. The lowest BCUT2D eigenvalue weighted by Gasteiger charge is -2.28. The summed E-state index contributed by atoms with van der Waals surface area (Å²) in [6.07, 6.45) is 2.07. The SMILES string of the molecule is CCCC[C@H]1[C@H]2C(=O)N(c3ccccc3C)C(=O)[C@@H]2ON1c1ccccc1. The highest BCUT2D eigenvalue weighted by Crippen LogP contribution is 2.42. The van der Waals surface area contributed by atoms with Crippen molar-refractivity contribution in [3.05, 3.63) is 60.2 Å². The molecule has 0 N–H and O–H groups in total. The summed E-state index contributed by atoms with van der Waals surface area (Å²) >= 11 is 0. The molecule has 0 saturated carbocycles. The number of hydrogen-bond donors (Lipinski definition) is 0. The molecule has 2 aromatic rings. The van der Waals surface area contributed by atoms with Crippen molar-refractivity contribution in [1.29, 1.82) is 0 Å². The number of para-hydroxylation sites is 2. The average molecular weight is 364 g/mol. The van der Waals surface area contributed by atoms with Gasteiger partial charge in [0.2, 0.25) is 5.91 Å². The Labute approximate surface area is 159 Å². The summed E-state index contributed by atoms with van der Waals surface area (Å²) in [7, 11) is 0. The van der Waals surface area contributed by atoms with Gasteiger partial charge in [-0.05, 0) is 37.1 Å². The molecule has 2 aromatic carbocycles. The second-order valence-electron chi connectivity index (χ2n) is 7.22. The molecule has 0 unspecified atom stereocenters. The van der Waals surface area contributed by atoms with Crippen LogP contribution in [0.2, 0.25) is 0 Å². The number of amides is 2. The molecule has 0 radical (unpaired) electrons. The summed E-state index contributed by atoms with van der Waals surface area (Å²) in [6.45, 7) is 4.04. The maximum Gasteiger partial charge on any atom is 0.266 e. The summed E-state index contributed by atoms with van der Waals surface area (Å²) < 4.78 is 0. The Morgan fingerprint density at radius 1 is 0.963 bits per heavy atom. The van der Waals surface area contributed by atoms with E-state index in [0.29, 0.717) is 5.69 Å². The van der Waals surface area contributed by atoms with Gasteiger partial charge in [0, 0.05) is 0 Å².